The molecule has 3 N–H and O–H groups in total. The number of aromatic nitrogens is 2. The summed E-state index contributed by atoms with van der Waals surface area (Å²) in [7, 11) is -3.74. The molecule has 10 heteroatoms. The Kier molecular flexibility index (Phi) is 6.51. The van der Waals surface area contributed by atoms with Crippen molar-refractivity contribution < 1.29 is 17.2 Å². The van der Waals surface area contributed by atoms with Gasteiger partial charge < -0.3 is 5.73 Å². The van der Waals surface area contributed by atoms with E-state index in [1.807, 2.05) is 0 Å². The summed E-state index contributed by atoms with van der Waals surface area (Å²) in [5.74, 6) is 0.126. The highest BCUT2D eigenvalue weighted by atomic mass is 35.5. The van der Waals surface area contributed by atoms with Gasteiger partial charge in [-0.1, -0.05) is 6.42 Å². The lowest BCUT2D eigenvalue weighted by Crippen LogP contribution is -2.39. The Balaban J connectivity index is 0.00000220. The van der Waals surface area contributed by atoms with Crippen LogP contribution in [0.25, 0.3) is 0 Å². The Morgan fingerprint density at radius 2 is 2.19 bits per heavy atom. The molecule has 0 aliphatic heterocycles. The highest BCUT2D eigenvalue weighted by molar-refractivity contribution is 7.89. The van der Waals surface area contributed by atoms with Crippen molar-refractivity contribution in [2.24, 2.45) is 11.7 Å². The van der Waals surface area contributed by atoms with Crippen LogP contribution < -0.4 is 10.5 Å². The molecule has 2 unspecified atom stereocenters. The van der Waals surface area contributed by atoms with Crippen LogP contribution in [-0.2, 0) is 16.6 Å². The molecule has 1 aromatic heterocycles. The van der Waals surface area contributed by atoms with Crippen LogP contribution in [0.1, 0.15) is 19.3 Å². The van der Waals surface area contributed by atoms with E-state index in [2.05, 4.69) is 9.82 Å². The van der Waals surface area contributed by atoms with Crippen molar-refractivity contribution in [3.63, 3.8) is 0 Å². The molecule has 2 rings (SSSR count). The zero-order chi connectivity index (χ0) is 14.8. The summed E-state index contributed by atoms with van der Waals surface area (Å²) < 4.78 is 52.2. The molecule has 1 fully saturated rings. The summed E-state index contributed by atoms with van der Waals surface area (Å²) in [6, 6.07) is -0.191. The predicted octanol–water partition coefficient (Wildman–Crippen LogP) is 0.976. The summed E-state index contributed by atoms with van der Waals surface area (Å²) in [6.07, 6.45) is 2.19. The molecule has 1 aliphatic carbocycles. The van der Waals surface area contributed by atoms with Gasteiger partial charge in [-0.25, -0.2) is 21.9 Å². The van der Waals surface area contributed by atoms with Gasteiger partial charge in [-0.15, -0.1) is 12.4 Å². The minimum atomic E-state index is -3.74. The predicted molar refractivity (Wildman–Crippen MR) is 76.0 cm³/mol. The average molecular weight is 345 g/mol. The summed E-state index contributed by atoms with van der Waals surface area (Å²) in [5.41, 5.74) is 5.61. The molecule has 0 saturated heterocycles. The van der Waals surface area contributed by atoms with E-state index in [-0.39, 0.29) is 29.3 Å². The Labute approximate surface area is 128 Å². The smallest absolute Gasteiger partial charge is 0.257 e. The molecular formula is C11H19ClF2N4O2S. The molecule has 122 valence electrons. The van der Waals surface area contributed by atoms with E-state index in [4.69, 9.17) is 5.73 Å². The fourth-order valence-corrected chi connectivity index (χ4v) is 3.76. The van der Waals surface area contributed by atoms with Crippen LogP contribution in [0, 0.1) is 5.92 Å². The van der Waals surface area contributed by atoms with Crippen molar-refractivity contribution in [3.05, 3.63) is 12.4 Å². The second kappa shape index (κ2) is 7.48. The van der Waals surface area contributed by atoms with E-state index in [9.17, 15) is 17.2 Å². The fraction of sp³-hybridized carbons (Fsp3) is 0.727. The largest absolute Gasteiger partial charge is 0.330 e. The molecule has 21 heavy (non-hydrogen) atoms. The van der Waals surface area contributed by atoms with Gasteiger partial charge in [-0.2, -0.15) is 5.10 Å². The van der Waals surface area contributed by atoms with Gasteiger partial charge >= 0.3 is 0 Å². The molecule has 1 saturated carbocycles. The third-order valence-electron chi connectivity index (χ3n) is 3.51. The van der Waals surface area contributed by atoms with Crippen LogP contribution in [0.5, 0.6) is 0 Å². The van der Waals surface area contributed by atoms with Gasteiger partial charge in [0.25, 0.3) is 6.43 Å². The maximum atomic E-state index is 12.2. The van der Waals surface area contributed by atoms with E-state index >= 15 is 0 Å². The van der Waals surface area contributed by atoms with Crippen molar-refractivity contribution in [2.75, 3.05) is 6.54 Å². The number of alkyl halides is 2. The SMILES string of the molecule is Cl.NCC1CCCC1NS(=O)(=O)c1cnn(CC(F)F)c1. The van der Waals surface area contributed by atoms with Gasteiger partial charge in [0.15, 0.2) is 0 Å². The first-order valence-corrected chi connectivity index (χ1v) is 7.93. The Bertz CT molecular complexity index is 552. The van der Waals surface area contributed by atoms with Crippen LogP contribution in [0.15, 0.2) is 17.3 Å². The second-order valence-corrected chi connectivity index (χ2v) is 6.66. The molecule has 0 bridgehead atoms. The minimum Gasteiger partial charge on any atom is -0.330 e. The number of nitrogens with two attached hydrogens (primary N) is 1. The second-order valence-electron chi connectivity index (χ2n) is 4.94. The first-order chi connectivity index (χ1) is 9.42. The molecule has 1 heterocycles. The number of rotatable bonds is 6. The molecule has 1 aliphatic rings. The van der Waals surface area contributed by atoms with Gasteiger partial charge in [0, 0.05) is 12.2 Å². The van der Waals surface area contributed by atoms with Crippen LogP contribution in [0.4, 0.5) is 8.78 Å². The molecular weight excluding hydrogens is 326 g/mol. The minimum absolute atomic E-state index is 0. The maximum absolute atomic E-state index is 12.2. The number of sulfonamides is 1. The number of halogens is 3. The lowest BCUT2D eigenvalue weighted by molar-refractivity contribution is 0.121. The van der Waals surface area contributed by atoms with Crippen molar-refractivity contribution in [2.45, 2.75) is 43.2 Å². The monoisotopic (exact) mass is 344 g/mol. The zero-order valence-corrected chi connectivity index (χ0v) is 12.9. The highest BCUT2D eigenvalue weighted by Crippen LogP contribution is 2.26. The number of hydrogen-bond donors (Lipinski definition) is 2. The molecule has 0 aromatic carbocycles. The molecule has 6 nitrogen and oxygen atoms in total. The number of nitrogens with one attached hydrogen (secondary N) is 1. The van der Waals surface area contributed by atoms with Gasteiger partial charge in [-0.05, 0) is 25.3 Å². The summed E-state index contributed by atoms with van der Waals surface area (Å²) in [5, 5.41) is 3.63. The van der Waals surface area contributed by atoms with Gasteiger partial charge in [0.05, 0.1) is 6.20 Å². The first kappa shape index (κ1) is 18.3. The quantitative estimate of drug-likeness (QED) is 0.804. The standard InChI is InChI=1S/C11H18F2N4O2S.ClH/c12-11(13)7-17-6-9(5-15-17)20(18,19)16-10-3-1-2-8(10)4-14;/h5-6,8,10-11,16H,1-4,7,14H2;1H. The normalized spacial score (nSPS) is 22.5. The van der Waals surface area contributed by atoms with Gasteiger partial charge in [0.1, 0.15) is 11.4 Å². The van der Waals surface area contributed by atoms with Crippen LogP contribution in [0.2, 0.25) is 0 Å². The highest BCUT2D eigenvalue weighted by Gasteiger charge is 2.30. The van der Waals surface area contributed by atoms with Gasteiger partial charge in [0.2, 0.25) is 10.0 Å². The van der Waals surface area contributed by atoms with Crippen LogP contribution in [-0.4, -0.2) is 37.2 Å². The van der Waals surface area contributed by atoms with E-state index in [1.54, 1.807) is 0 Å². The Hall–Kier alpha value is -0.770. The van der Waals surface area contributed by atoms with Crippen LogP contribution in [0.3, 0.4) is 0 Å². The van der Waals surface area contributed by atoms with E-state index in [0.717, 1.165) is 36.3 Å². The molecule has 0 spiro atoms. The number of hydrogen-bond acceptors (Lipinski definition) is 4. The van der Waals surface area contributed by atoms with Crippen molar-refractivity contribution >= 4 is 22.4 Å². The Morgan fingerprint density at radius 1 is 1.48 bits per heavy atom. The molecule has 0 radical (unpaired) electrons. The topological polar surface area (TPSA) is 90.0 Å². The van der Waals surface area contributed by atoms with Gasteiger partial charge in [-0.3, -0.25) is 4.68 Å². The maximum Gasteiger partial charge on any atom is 0.257 e. The molecule has 2 atom stereocenters. The summed E-state index contributed by atoms with van der Waals surface area (Å²) >= 11 is 0. The first-order valence-electron chi connectivity index (χ1n) is 6.45. The van der Waals surface area contributed by atoms with Crippen molar-refractivity contribution in [1.82, 2.24) is 14.5 Å². The number of nitrogens with zero attached hydrogens (tertiary/aromatic N) is 2. The van der Waals surface area contributed by atoms with Crippen molar-refractivity contribution in [1.29, 1.82) is 0 Å². The molecule has 0 amide bonds. The Morgan fingerprint density at radius 3 is 2.81 bits per heavy atom. The third kappa shape index (κ3) is 4.60. The summed E-state index contributed by atoms with van der Waals surface area (Å²) in [6.45, 7) is -0.192. The summed E-state index contributed by atoms with van der Waals surface area (Å²) in [4.78, 5) is -0.0965. The molecule has 1 aromatic rings. The lowest BCUT2D eigenvalue weighted by atomic mass is 10.1. The average Bonchev–Trinajstić information content (AvgIpc) is 2.97. The van der Waals surface area contributed by atoms with Crippen molar-refractivity contribution in [3.8, 4) is 0 Å². The van der Waals surface area contributed by atoms with E-state index < -0.39 is 23.0 Å². The zero-order valence-electron chi connectivity index (χ0n) is 11.3. The van der Waals surface area contributed by atoms with Crippen LogP contribution >= 0.6 is 12.4 Å². The third-order valence-corrected chi connectivity index (χ3v) is 4.96. The fourth-order valence-electron chi connectivity index (χ4n) is 2.47. The van der Waals surface area contributed by atoms with E-state index in [0.29, 0.717) is 6.54 Å². The lowest BCUT2D eigenvalue weighted by Gasteiger charge is -2.18. The van der Waals surface area contributed by atoms with E-state index in [1.165, 1.54) is 0 Å².